The van der Waals surface area contributed by atoms with Gasteiger partial charge >= 0.3 is 5.69 Å². The van der Waals surface area contributed by atoms with E-state index in [0.29, 0.717) is 18.7 Å². The molecule has 0 radical (unpaired) electrons. The van der Waals surface area contributed by atoms with Gasteiger partial charge in [0.05, 0.1) is 11.5 Å². The van der Waals surface area contributed by atoms with Crippen LogP contribution >= 0.6 is 0 Å². The summed E-state index contributed by atoms with van der Waals surface area (Å²) in [7, 11) is 0. The first-order chi connectivity index (χ1) is 7.65. The maximum absolute atomic E-state index is 13.2. The van der Waals surface area contributed by atoms with E-state index in [2.05, 4.69) is 0 Å². The van der Waals surface area contributed by atoms with E-state index in [1.54, 1.807) is 0 Å². The van der Waals surface area contributed by atoms with E-state index < -0.39 is 16.4 Å². The van der Waals surface area contributed by atoms with Crippen molar-refractivity contribution in [2.45, 2.75) is 13.0 Å². The van der Waals surface area contributed by atoms with Crippen LogP contribution in [0.25, 0.3) is 0 Å². The molecule has 0 fully saturated rings. The lowest BCUT2D eigenvalue weighted by atomic mass is 10.2. The molecule has 0 aliphatic heterocycles. The molecule has 6 heteroatoms. The molecule has 0 unspecified atom stereocenters. The molecule has 1 aromatic carbocycles. The molecule has 5 nitrogen and oxygen atoms in total. The maximum atomic E-state index is 13.2. The van der Waals surface area contributed by atoms with Gasteiger partial charge in [-0.05, 0) is 30.7 Å². The van der Waals surface area contributed by atoms with Crippen molar-refractivity contribution in [1.29, 1.82) is 0 Å². The number of benzene rings is 1. The van der Waals surface area contributed by atoms with Gasteiger partial charge in [-0.25, -0.2) is 0 Å². The Bertz CT molecular complexity index is 371. The summed E-state index contributed by atoms with van der Waals surface area (Å²) >= 11 is 0. The summed E-state index contributed by atoms with van der Waals surface area (Å²) < 4.78 is 18.4. The predicted octanol–water partition coefficient (Wildman–Crippen LogP) is 1.60. The van der Waals surface area contributed by atoms with Gasteiger partial charge in [-0.15, -0.1) is 0 Å². The van der Waals surface area contributed by atoms with E-state index in [1.807, 2.05) is 0 Å². The summed E-state index contributed by atoms with van der Waals surface area (Å²) in [6.45, 7) is 1.26. The highest BCUT2D eigenvalue weighted by atomic mass is 19.1. The molecule has 0 aliphatic rings. The van der Waals surface area contributed by atoms with Gasteiger partial charge in [0.2, 0.25) is 5.82 Å². The van der Waals surface area contributed by atoms with Crippen molar-refractivity contribution in [2.75, 3.05) is 13.2 Å². The molecule has 0 saturated heterocycles. The molecule has 2 N–H and O–H groups in total. The number of nitro groups is 1. The summed E-state index contributed by atoms with van der Waals surface area (Å²) in [5.74, 6) is -0.843. The lowest BCUT2D eigenvalue weighted by molar-refractivity contribution is -0.387. The molecule has 1 aromatic rings. The van der Waals surface area contributed by atoms with Crippen LogP contribution < -0.4 is 5.73 Å². The molecule has 0 aliphatic carbocycles. The average molecular weight is 228 g/mol. The van der Waals surface area contributed by atoms with Crippen LogP contribution in [0.1, 0.15) is 12.0 Å². The predicted molar refractivity (Wildman–Crippen MR) is 56.4 cm³/mol. The minimum absolute atomic E-state index is 0.231. The van der Waals surface area contributed by atoms with Crippen LogP contribution in [-0.2, 0) is 11.3 Å². The summed E-state index contributed by atoms with van der Waals surface area (Å²) in [4.78, 5) is 9.60. The van der Waals surface area contributed by atoms with Gasteiger partial charge in [0.25, 0.3) is 0 Å². The molecule has 0 heterocycles. The van der Waals surface area contributed by atoms with E-state index in [0.717, 1.165) is 18.6 Å². The Kier molecular flexibility index (Phi) is 4.81. The zero-order valence-corrected chi connectivity index (χ0v) is 8.69. The van der Waals surface area contributed by atoms with E-state index in [4.69, 9.17) is 10.5 Å². The molecule has 16 heavy (non-hydrogen) atoms. The number of nitro benzene ring substituents is 1. The number of rotatable bonds is 6. The Labute approximate surface area is 92.2 Å². The van der Waals surface area contributed by atoms with Crippen molar-refractivity contribution in [3.8, 4) is 0 Å². The first kappa shape index (κ1) is 12.5. The molecule has 0 aromatic heterocycles. The minimum atomic E-state index is -0.843. The fraction of sp³-hybridized carbons (Fsp3) is 0.400. The van der Waals surface area contributed by atoms with Crippen LogP contribution in [-0.4, -0.2) is 18.1 Å². The third-order valence-corrected chi connectivity index (χ3v) is 1.97. The standard InChI is InChI=1S/C10H13FN2O3/c11-9-6-8(7-16-5-1-4-12)2-3-10(9)13(14)15/h2-3,6H,1,4-5,7,12H2. The fourth-order valence-corrected chi connectivity index (χ4v) is 1.16. The first-order valence-electron chi connectivity index (χ1n) is 4.85. The number of halogens is 1. The fourth-order valence-electron chi connectivity index (χ4n) is 1.16. The zero-order valence-electron chi connectivity index (χ0n) is 8.69. The van der Waals surface area contributed by atoms with Crippen LogP contribution in [0.4, 0.5) is 10.1 Å². The minimum Gasteiger partial charge on any atom is -0.377 e. The Morgan fingerprint density at radius 1 is 1.50 bits per heavy atom. The van der Waals surface area contributed by atoms with Gasteiger partial charge in [0, 0.05) is 12.7 Å². The molecule has 1 rings (SSSR count). The number of nitrogens with two attached hydrogens (primary N) is 1. The zero-order chi connectivity index (χ0) is 12.0. The van der Waals surface area contributed by atoms with Crippen molar-refractivity contribution in [3.05, 3.63) is 39.7 Å². The highest BCUT2D eigenvalue weighted by Crippen LogP contribution is 2.18. The Hall–Kier alpha value is -1.53. The third-order valence-electron chi connectivity index (χ3n) is 1.97. The average Bonchev–Trinajstić information content (AvgIpc) is 2.24. The molecule has 0 amide bonds. The number of nitrogens with zero attached hydrogens (tertiary/aromatic N) is 1. The Morgan fingerprint density at radius 2 is 2.25 bits per heavy atom. The maximum Gasteiger partial charge on any atom is 0.304 e. The van der Waals surface area contributed by atoms with Gasteiger partial charge in [0.1, 0.15) is 0 Å². The van der Waals surface area contributed by atoms with Crippen molar-refractivity contribution in [3.63, 3.8) is 0 Å². The highest BCUT2D eigenvalue weighted by Gasteiger charge is 2.13. The Morgan fingerprint density at radius 3 is 2.81 bits per heavy atom. The largest absolute Gasteiger partial charge is 0.377 e. The molecule has 88 valence electrons. The lowest BCUT2D eigenvalue weighted by Gasteiger charge is -2.03. The quantitative estimate of drug-likeness (QED) is 0.455. The summed E-state index contributed by atoms with van der Waals surface area (Å²) in [5.41, 5.74) is 5.32. The molecule has 0 atom stereocenters. The van der Waals surface area contributed by atoms with Crippen LogP contribution in [0.2, 0.25) is 0 Å². The Balaban J connectivity index is 2.56. The topological polar surface area (TPSA) is 78.4 Å². The first-order valence-corrected chi connectivity index (χ1v) is 4.85. The monoisotopic (exact) mass is 228 g/mol. The second-order valence-corrected chi connectivity index (χ2v) is 3.24. The number of hydrogen-bond donors (Lipinski definition) is 1. The normalized spacial score (nSPS) is 10.4. The van der Waals surface area contributed by atoms with Gasteiger partial charge in [-0.1, -0.05) is 0 Å². The van der Waals surface area contributed by atoms with Crippen LogP contribution in [0.5, 0.6) is 0 Å². The second kappa shape index (κ2) is 6.14. The van der Waals surface area contributed by atoms with E-state index in [9.17, 15) is 14.5 Å². The second-order valence-electron chi connectivity index (χ2n) is 3.24. The summed E-state index contributed by atoms with van der Waals surface area (Å²) in [6.07, 6.45) is 0.732. The van der Waals surface area contributed by atoms with Gasteiger partial charge in [-0.2, -0.15) is 4.39 Å². The van der Waals surface area contributed by atoms with Crippen LogP contribution in [0.3, 0.4) is 0 Å². The van der Waals surface area contributed by atoms with E-state index in [1.165, 1.54) is 6.07 Å². The van der Waals surface area contributed by atoms with E-state index >= 15 is 0 Å². The van der Waals surface area contributed by atoms with Crippen molar-refractivity contribution in [1.82, 2.24) is 0 Å². The molecular weight excluding hydrogens is 215 g/mol. The lowest BCUT2D eigenvalue weighted by Crippen LogP contribution is -2.04. The van der Waals surface area contributed by atoms with Crippen LogP contribution in [0.15, 0.2) is 18.2 Å². The summed E-state index contributed by atoms with van der Waals surface area (Å²) in [5, 5.41) is 10.4. The molecule has 0 saturated carbocycles. The van der Waals surface area contributed by atoms with E-state index in [-0.39, 0.29) is 6.61 Å². The smallest absolute Gasteiger partial charge is 0.304 e. The number of ether oxygens (including phenoxy) is 1. The SMILES string of the molecule is NCCCOCc1ccc([N+](=O)[O-])c(F)c1. The van der Waals surface area contributed by atoms with Gasteiger partial charge in [-0.3, -0.25) is 10.1 Å². The van der Waals surface area contributed by atoms with Crippen LogP contribution in [0, 0.1) is 15.9 Å². The molecule has 0 spiro atoms. The van der Waals surface area contributed by atoms with Crippen molar-refractivity contribution < 1.29 is 14.1 Å². The van der Waals surface area contributed by atoms with Crippen molar-refractivity contribution in [2.24, 2.45) is 5.73 Å². The highest BCUT2D eigenvalue weighted by molar-refractivity contribution is 5.34. The number of hydrogen-bond acceptors (Lipinski definition) is 4. The molecule has 0 bridgehead atoms. The van der Waals surface area contributed by atoms with Gasteiger partial charge in [0.15, 0.2) is 0 Å². The summed E-state index contributed by atoms with van der Waals surface area (Å²) in [6, 6.07) is 3.72. The third kappa shape index (κ3) is 3.56. The van der Waals surface area contributed by atoms with Gasteiger partial charge < -0.3 is 10.5 Å². The van der Waals surface area contributed by atoms with Crippen molar-refractivity contribution >= 4 is 5.69 Å². The molecular formula is C10H13FN2O3.